The van der Waals surface area contributed by atoms with E-state index >= 15 is 0 Å². The third-order valence-electron chi connectivity index (χ3n) is 4.72. The summed E-state index contributed by atoms with van der Waals surface area (Å²) in [6.07, 6.45) is 3.15. The number of para-hydroxylation sites is 1. The van der Waals surface area contributed by atoms with E-state index in [9.17, 15) is 9.59 Å². The summed E-state index contributed by atoms with van der Waals surface area (Å²) in [4.78, 5) is 26.2. The van der Waals surface area contributed by atoms with Gasteiger partial charge in [0.15, 0.2) is 0 Å². The monoisotopic (exact) mass is 331 g/mol. The van der Waals surface area contributed by atoms with Crippen LogP contribution < -0.4 is 16.0 Å². The summed E-state index contributed by atoms with van der Waals surface area (Å²) < 4.78 is 5.56. The second-order valence-corrected chi connectivity index (χ2v) is 6.38. The number of nitrogens with zero attached hydrogens (tertiary/aromatic N) is 1. The van der Waals surface area contributed by atoms with Crippen molar-refractivity contribution in [2.24, 2.45) is 5.73 Å². The van der Waals surface area contributed by atoms with Crippen LogP contribution in [0.15, 0.2) is 24.3 Å². The Morgan fingerprint density at radius 2 is 2.12 bits per heavy atom. The number of nitrogens with two attached hydrogens (primary N) is 1. The maximum absolute atomic E-state index is 12.4. The van der Waals surface area contributed by atoms with Crippen LogP contribution in [-0.2, 0) is 20.7 Å². The Morgan fingerprint density at radius 3 is 2.92 bits per heavy atom. The minimum absolute atomic E-state index is 0.00226. The third kappa shape index (κ3) is 3.76. The van der Waals surface area contributed by atoms with E-state index in [0.29, 0.717) is 25.9 Å². The topological polar surface area (TPSA) is 84.7 Å². The summed E-state index contributed by atoms with van der Waals surface area (Å²) in [5, 5.41) is 2.86. The fourth-order valence-corrected chi connectivity index (χ4v) is 3.37. The first kappa shape index (κ1) is 16.9. The Labute approximate surface area is 142 Å². The largest absolute Gasteiger partial charge is 0.364 e. The number of fused-ring (bicyclic) bond motifs is 1. The van der Waals surface area contributed by atoms with Crippen LogP contribution in [0.3, 0.4) is 0 Å². The van der Waals surface area contributed by atoms with E-state index in [-0.39, 0.29) is 24.0 Å². The molecule has 1 saturated heterocycles. The molecule has 6 heteroatoms. The molecule has 2 heterocycles. The van der Waals surface area contributed by atoms with Crippen molar-refractivity contribution in [1.82, 2.24) is 5.32 Å². The molecule has 2 amide bonds. The third-order valence-corrected chi connectivity index (χ3v) is 4.72. The highest BCUT2D eigenvalue weighted by Gasteiger charge is 2.29. The van der Waals surface area contributed by atoms with Crippen LogP contribution in [0.2, 0.25) is 0 Å². The first-order chi connectivity index (χ1) is 11.7. The van der Waals surface area contributed by atoms with Gasteiger partial charge in [-0.15, -0.1) is 0 Å². The summed E-state index contributed by atoms with van der Waals surface area (Å²) in [5.41, 5.74) is 7.80. The van der Waals surface area contributed by atoms with Gasteiger partial charge < -0.3 is 20.7 Å². The summed E-state index contributed by atoms with van der Waals surface area (Å²) in [6.45, 7) is 1.70. The first-order valence-electron chi connectivity index (χ1n) is 8.70. The molecule has 0 spiro atoms. The second kappa shape index (κ2) is 7.77. The molecule has 3 rings (SSSR count). The molecule has 2 atom stereocenters. The number of benzene rings is 1. The minimum Gasteiger partial charge on any atom is -0.364 e. The smallest absolute Gasteiger partial charge is 0.249 e. The van der Waals surface area contributed by atoms with Crippen molar-refractivity contribution >= 4 is 17.5 Å². The van der Waals surface area contributed by atoms with E-state index in [0.717, 1.165) is 31.5 Å². The van der Waals surface area contributed by atoms with Crippen molar-refractivity contribution in [1.29, 1.82) is 0 Å². The highest BCUT2D eigenvalue weighted by Crippen LogP contribution is 2.28. The molecule has 0 unspecified atom stereocenters. The molecule has 2 aliphatic rings. The fraction of sp³-hybridized carbons (Fsp3) is 0.556. The van der Waals surface area contributed by atoms with Crippen molar-refractivity contribution < 1.29 is 14.3 Å². The molecule has 1 aromatic rings. The van der Waals surface area contributed by atoms with Crippen LogP contribution >= 0.6 is 0 Å². The van der Waals surface area contributed by atoms with Gasteiger partial charge >= 0.3 is 0 Å². The minimum atomic E-state index is -0.389. The van der Waals surface area contributed by atoms with E-state index in [4.69, 9.17) is 10.5 Å². The van der Waals surface area contributed by atoms with Gasteiger partial charge in [0.2, 0.25) is 11.8 Å². The number of anilines is 1. The van der Waals surface area contributed by atoms with Gasteiger partial charge in [-0.2, -0.15) is 0 Å². The maximum atomic E-state index is 12.4. The maximum Gasteiger partial charge on any atom is 0.249 e. The second-order valence-electron chi connectivity index (χ2n) is 6.38. The van der Waals surface area contributed by atoms with Crippen molar-refractivity contribution in [3.05, 3.63) is 29.8 Å². The van der Waals surface area contributed by atoms with Gasteiger partial charge in [-0.05, 0) is 37.3 Å². The zero-order chi connectivity index (χ0) is 16.9. The molecule has 0 aromatic heterocycles. The average Bonchev–Trinajstić information content (AvgIpc) is 3.25. The molecule has 0 aliphatic carbocycles. The summed E-state index contributed by atoms with van der Waals surface area (Å²) in [5.74, 6) is 0.0272. The summed E-state index contributed by atoms with van der Waals surface area (Å²) in [6, 6.07) is 8.02. The van der Waals surface area contributed by atoms with Crippen LogP contribution in [0.4, 0.5) is 5.69 Å². The van der Waals surface area contributed by atoms with E-state index in [1.165, 1.54) is 5.56 Å². The quantitative estimate of drug-likeness (QED) is 0.761. The van der Waals surface area contributed by atoms with Gasteiger partial charge in [-0.3, -0.25) is 9.59 Å². The Morgan fingerprint density at radius 1 is 1.29 bits per heavy atom. The average molecular weight is 331 g/mol. The van der Waals surface area contributed by atoms with Crippen molar-refractivity contribution in [3.8, 4) is 0 Å². The van der Waals surface area contributed by atoms with E-state index in [1.54, 1.807) is 0 Å². The van der Waals surface area contributed by atoms with Crippen LogP contribution in [0.1, 0.15) is 31.2 Å². The number of nitrogens with one attached hydrogen (secondary N) is 1. The SMILES string of the molecule is NC[C@H]1CC[C@@H](C(=O)NCCCC(=O)N2CCc3ccccc32)O1. The zero-order valence-electron chi connectivity index (χ0n) is 13.9. The highest BCUT2D eigenvalue weighted by molar-refractivity contribution is 5.95. The number of amides is 2. The standard InChI is InChI=1S/C18H25N3O3/c19-12-14-7-8-16(24-14)18(23)20-10-3-6-17(22)21-11-9-13-4-1-2-5-15(13)21/h1-2,4-5,14,16H,3,6-12,19H2,(H,20,23)/t14-,16+/m1/s1. The number of carbonyl (C=O) groups is 2. The van der Waals surface area contributed by atoms with Gasteiger partial charge in [0, 0.05) is 31.7 Å². The number of ether oxygens (including phenoxy) is 1. The Bertz CT molecular complexity index is 605. The summed E-state index contributed by atoms with van der Waals surface area (Å²) >= 11 is 0. The molecule has 24 heavy (non-hydrogen) atoms. The predicted octanol–water partition coefficient (Wildman–Crippen LogP) is 0.978. The van der Waals surface area contributed by atoms with Crippen LogP contribution in [0, 0.1) is 0 Å². The fourth-order valence-electron chi connectivity index (χ4n) is 3.37. The van der Waals surface area contributed by atoms with Gasteiger partial charge in [0.25, 0.3) is 0 Å². The van der Waals surface area contributed by atoms with Crippen LogP contribution in [-0.4, -0.2) is 43.7 Å². The molecule has 6 nitrogen and oxygen atoms in total. The Balaban J connectivity index is 1.38. The number of carbonyl (C=O) groups excluding carboxylic acids is 2. The lowest BCUT2D eigenvalue weighted by Gasteiger charge is -2.17. The Kier molecular flexibility index (Phi) is 5.48. The zero-order valence-corrected chi connectivity index (χ0v) is 13.9. The predicted molar refractivity (Wildman–Crippen MR) is 91.7 cm³/mol. The van der Waals surface area contributed by atoms with Gasteiger partial charge in [-0.25, -0.2) is 0 Å². The molecule has 2 aliphatic heterocycles. The lowest BCUT2D eigenvalue weighted by atomic mass is 10.2. The molecule has 1 fully saturated rings. The molecule has 130 valence electrons. The van der Waals surface area contributed by atoms with Crippen LogP contribution in [0.25, 0.3) is 0 Å². The van der Waals surface area contributed by atoms with Crippen molar-refractivity contribution in [2.75, 3.05) is 24.5 Å². The van der Waals surface area contributed by atoms with Gasteiger partial charge in [0.1, 0.15) is 6.10 Å². The van der Waals surface area contributed by atoms with Gasteiger partial charge in [0.05, 0.1) is 6.10 Å². The van der Waals surface area contributed by atoms with Gasteiger partial charge in [-0.1, -0.05) is 18.2 Å². The molecule has 1 aromatic carbocycles. The lowest BCUT2D eigenvalue weighted by molar-refractivity contribution is -0.132. The first-order valence-corrected chi connectivity index (χ1v) is 8.70. The number of hydrogen-bond acceptors (Lipinski definition) is 4. The molecule has 0 saturated carbocycles. The normalized spacial score (nSPS) is 22.5. The van der Waals surface area contributed by atoms with E-state index in [1.807, 2.05) is 23.1 Å². The summed E-state index contributed by atoms with van der Waals surface area (Å²) in [7, 11) is 0. The lowest BCUT2D eigenvalue weighted by Crippen LogP contribution is -2.36. The van der Waals surface area contributed by atoms with Crippen LogP contribution in [0.5, 0.6) is 0 Å². The molecular weight excluding hydrogens is 306 g/mol. The highest BCUT2D eigenvalue weighted by atomic mass is 16.5. The molecule has 0 bridgehead atoms. The molecular formula is C18H25N3O3. The van der Waals surface area contributed by atoms with Crippen molar-refractivity contribution in [3.63, 3.8) is 0 Å². The van der Waals surface area contributed by atoms with E-state index < -0.39 is 0 Å². The molecule has 3 N–H and O–H groups in total. The van der Waals surface area contributed by atoms with Crippen molar-refractivity contribution in [2.45, 2.75) is 44.3 Å². The van der Waals surface area contributed by atoms with E-state index in [2.05, 4.69) is 11.4 Å². The number of hydrogen-bond donors (Lipinski definition) is 2. The molecule has 0 radical (unpaired) electrons. The Hall–Kier alpha value is -1.92. The number of rotatable bonds is 6.